The lowest BCUT2D eigenvalue weighted by Gasteiger charge is -1.92. The van der Waals surface area contributed by atoms with Crippen LogP contribution in [0.25, 0.3) is 0 Å². The zero-order valence-electron chi connectivity index (χ0n) is 10.3. The van der Waals surface area contributed by atoms with Crippen LogP contribution >= 0.6 is 0 Å². The molecule has 1 rings (SSSR count). The van der Waals surface area contributed by atoms with E-state index < -0.39 is 0 Å². The molecular weight excluding hydrogens is 175 g/mol. The van der Waals surface area contributed by atoms with Gasteiger partial charge in [-0.2, -0.15) is 0 Å². The zero-order valence-corrected chi connectivity index (χ0v) is 10.3. The third kappa shape index (κ3) is 6.64. The van der Waals surface area contributed by atoms with Crippen LogP contribution in [0, 0.1) is 0 Å². The van der Waals surface area contributed by atoms with Gasteiger partial charge in [0.1, 0.15) is 5.83 Å². The van der Waals surface area contributed by atoms with Crippen LogP contribution < -0.4 is 0 Å². The van der Waals surface area contributed by atoms with E-state index in [4.69, 9.17) is 0 Å². The van der Waals surface area contributed by atoms with Gasteiger partial charge < -0.3 is 0 Å². The molecule has 0 radical (unpaired) electrons. The first-order valence-electron chi connectivity index (χ1n) is 5.40. The smallest absolute Gasteiger partial charge is 0.122 e. The molecule has 1 heteroatoms. The Labute approximate surface area is 88.2 Å². The maximum atomic E-state index is 12.9. The van der Waals surface area contributed by atoms with Crippen LogP contribution in [0.3, 0.4) is 0 Å². The fourth-order valence-corrected chi connectivity index (χ4v) is 0.890. The molecule has 1 aliphatic rings. The fourth-order valence-electron chi connectivity index (χ4n) is 0.890. The predicted molar refractivity (Wildman–Crippen MR) is 64.0 cm³/mol. The molecule has 0 bridgehead atoms. The summed E-state index contributed by atoms with van der Waals surface area (Å²) in [6.45, 7) is 11.7. The lowest BCUT2D eigenvalue weighted by molar-refractivity contribution is 0.650. The SMILES string of the molecule is CC.CC.CC1=CC(F)=C(C)CC=C1. The number of hydrogen-bond acceptors (Lipinski definition) is 0. The van der Waals surface area contributed by atoms with Crippen molar-refractivity contribution in [3.8, 4) is 0 Å². The molecule has 1 aliphatic carbocycles. The largest absolute Gasteiger partial charge is 0.207 e. The first-order chi connectivity index (χ1) is 6.70. The van der Waals surface area contributed by atoms with Gasteiger partial charge in [0.2, 0.25) is 0 Å². The van der Waals surface area contributed by atoms with Crippen LogP contribution in [0.15, 0.2) is 35.2 Å². The van der Waals surface area contributed by atoms with Gasteiger partial charge in [0.25, 0.3) is 0 Å². The first-order valence-corrected chi connectivity index (χ1v) is 5.40. The molecule has 0 N–H and O–H groups in total. The van der Waals surface area contributed by atoms with Gasteiger partial charge in [-0.25, -0.2) is 4.39 Å². The summed E-state index contributed by atoms with van der Waals surface area (Å²) in [5, 5.41) is 0. The molecule has 0 saturated carbocycles. The average Bonchev–Trinajstić information content (AvgIpc) is 2.36. The van der Waals surface area contributed by atoms with E-state index in [9.17, 15) is 4.39 Å². The monoisotopic (exact) mass is 198 g/mol. The summed E-state index contributed by atoms with van der Waals surface area (Å²) >= 11 is 0. The third-order valence-corrected chi connectivity index (χ3v) is 1.57. The van der Waals surface area contributed by atoms with Crippen LogP contribution in [0.4, 0.5) is 4.39 Å². The van der Waals surface area contributed by atoms with Crippen molar-refractivity contribution >= 4 is 0 Å². The maximum absolute atomic E-state index is 12.9. The van der Waals surface area contributed by atoms with E-state index in [2.05, 4.69) is 0 Å². The number of halogens is 1. The Balaban J connectivity index is 0. The van der Waals surface area contributed by atoms with Crippen molar-refractivity contribution in [3.63, 3.8) is 0 Å². The minimum Gasteiger partial charge on any atom is -0.207 e. The Morgan fingerprint density at radius 2 is 1.57 bits per heavy atom. The highest BCUT2D eigenvalue weighted by Crippen LogP contribution is 2.17. The van der Waals surface area contributed by atoms with Crippen molar-refractivity contribution in [2.24, 2.45) is 0 Å². The Kier molecular flexibility index (Phi) is 11.4. The summed E-state index contributed by atoms with van der Waals surface area (Å²) < 4.78 is 12.9. The second kappa shape index (κ2) is 10.2. The second-order valence-electron chi connectivity index (χ2n) is 2.62. The summed E-state index contributed by atoms with van der Waals surface area (Å²) in [4.78, 5) is 0. The van der Waals surface area contributed by atoms with Crippen molar-refractivity contribution < 1.29 is 4.39 Å². The molecule has 0 spiro atoms. The van der Waals surface area contributed by atoms with E-state index in [0.29, 0.717) is 0 Å². The summed E-state index contributed by atoms with van der Waals surface area (Å²) in [6, 6.07) is 0. The van der Waals surface area contributed by atoms with Gasteiger partial charge >= 0.3 is 0 Å². The van der Waals surface area contributed by atoms with Gasteiger partial charge in [-0.1, -0.05) is 39.8 Å². The van der Waals surface area contributed by atoms with Gasteiger partial charge in [-0.05, 0) is 37.5 Å². The van der Waals surface area contributed by atoms with E-state index in [1.54, 1.807) is 6.08 Å². The molecule has 0 fully saturated rings. The van der Waals surface area contributed by atoms with E-state index in [1.165, 1.54) is 0 Å². The molecule has 0 heterocycles. The molecule has 14 heavy (non-hydrogen) atoms. The van der Waals surface area contributed by atoms with Crippen molar-refractivity contribution in [3.05, 3.63) is 35.2 Å². The van der Waals surface area contributed by atoms with E-state index in [-0.39, 0.29) is 5.83 Å². The number of hydrogen-bond donors (Lipinski definition) is 0. The second-order valence-corrected chi connectivity index (χ2v) is 2.62. The first kappa shape index (κ1) is 15.6. The van der Waals surface area contributed by atoms with Gasteiger partial charge in [-0.3, -0.25) is 0 Å². The average molecular weight is 198 g/mol. The summed E-state index contributed by atoms with van der Waals surface area (Å²) in [6.07, 6.45) is 6.22. The Morgan fingerprint density at radius 3 is 2.07 bits per heavy atom. The zero-order chi connectivity index (χ0) is 11.6. The standard InChI is InChI=1S/C9H11F.2C2H6/c1-7-4-3-5-8(2)9(10)6-7;2*1-2/h3-4,6H,5H2,1-2H3;2*1-2H3. The normalized spacial score (nSPS) is 14.4. The molecule has 0 aliphatic heterocycles. The molecule has 82 valence electrons. The minimum absolute atomic E-state index is 0.0810. The van der Waals surface area contributed by atoms with Gasteiger partial charge in [0.05, 0.1) is 0 Å². The van der Waals surface area contributed by atoms with Gasteiger partial charge in [0.15, 0.2) is 0 Å². The van der Waals surface area contributed by atoms with Crippen LogP contribution in [0.2, 0.25) is 0 Å². The number of allylic oxidation sites excluding steroid dienone is 6. The Hall–Kier alpha value is -0.850. The molecule has 0 nitrogen and oxygen atoms in total. The van der Waals surface area contributed by atoms with Gasteiger partial charge in [-0.15, -0.1) is 0 Å². The summed E-state index contributed by atoms with van der Waals surface area (Å²) in [5.74, 6) is -0.0810. The topological polar surface area (TPSA) is 0 Å². The minimum atomic E-state index is -0.0810. The van der Waals surface area contributed by atoms with Crippen LogP contribution in [-0.4, -0.2) is 0 Å². The molecule has 0 saturated heterocycles. The highest BCUT2D eigenvalue weighted by molar-refractivity contribution is 5.32. The molecule has 0 aromatic heterocycles. The fraction of sp³-hybridized carbons (Fsp3) is 0.538. The molecule has 0 amide bonds. The van der Waals surface area contributed by atoms with E-state index >= 15 is 0 Å². The quantitative estimate of drug-likeness (QED) is 0.502. The van der Waals surface area contributed by atoms with Crippen molar-refractivity contribution in [2.75, 3.05) is 0 Å². The summed E-state index contributed by atoms with van der Waals surface area (Å²) in [5.41, 5.74) is 1.79. The van der Waals surface area contributed by atoms with Gasteiger partial charge in [0, 0.05) is 0 Å². The molecule has 0 atom stereocenters. The highest BCUT2D eigenvalue weighted by Gasteiger charge is 1.99. The Morgan fingerprint density at radius 1 is 1.07 bits per heavy atom. The molecule has 0 aromatic rings. The lowest BCUT2D eigenvalue weighted by atomic mass is 10.2. The van der Waals surface area contributed by atoms with E-state index in [0.717, 1.165) is 17.6 Å². The van der Waals surface area contributed by atoms with Crippen molar-refractivity contribution in [2.45, 2.75) is 48.0 Å². The third-order valence-electron chi connectivity index (χ3n) is 1.57. The lowest BCUT2D eigenvalue weighted by Crippen LogP contribution is -1.74. The maximum Gasteiger partial charge on any atom is 0.122 e. The molecular formula is C13H23F. The van der Waals surface area contributed by atoms with Crippen molar-refractivity contribution in [1.82, 2.24) is 0 Å². The Bertz CT molecular complexity index is 219. The number of rotatable bonds is 0. The summed E-state index contributed by atoms with van der Waals surface area (Å²) in [7, 11) is 0. The highest BCUT2D eigenvalue weighted by atomic mass is 19.1. The van der Waals surface area contributed by atoms with Crippen LogP contribution in [-0.2, 0) is 0 Å². The molecule has 0 aromatic carbocycles. The van der Waals surface area contributed by atoms with Crippen molar-refractivity contribution in [1.29, 1.82) is 0 Å². The predicted octanol–water partition coefficient (Wildman–Crippen LogP) is 5.19. The van der Waals surface area contributed by atoms with Crippen LogP contribution in [0.1, 0.15) is 48.0 Å². The van der Waals surface area contributed by atoms with Crippen LogP contribution in [0.5, 0.6) is 0 Å². The molecule has 0 unspecified atom stereocenters. The van der Waals surface area contributed by atoms with E-state index in [1.807, 2.05) is 53.7 Å².